The van der Waals surface area contributed by atoms with E-state index in [1.807, 2.05) is 14.1 Å². The number of piperazine rings is 1. The molecule has 0 unspecified atom stereocenters. The van der Waals surface area contributed by atoms with Gasteiger partial charge < -0.3 is 9.80 Å². The van der Waals surface area contributed by atoms with Crippen molar-refractivity contribution in [3.8, 4) is 0 Å². The van der Waals surface area contributed by atoms with Crippen molar-refractivity contribution in [2.24, 2.45) is 0 Å². The Morgan fingerprint density at radius 3 is 2.12 bits per heavy atom. The zero-order chi connectivity index (χ0) is 17.3. The normalized spacial score (nSPS) is 16.4. The monoisotopic (exact) mass is 385 g/mol. The fraction of sp³-hybridized carbons (Fsp3) is 0.375. The van der Waals surface area contributed by atoms with Crippen LogP contribution in [-0.4, -0.2) is 53.0 Å². The van der Waals surface area contributed by atoms with Crippen LogP contribution in [0.4, 0.5) is 11.4 Å². The second-order valence-corrected chi connectivity index (χ2v) is 9.74. The first-order valence-corrected chi connectivity index (χ1v) is 10.3. The van der Waals surface area contributed by atoms with E-state index in [1.165, 1.54) is 0 Å². The molecule has 1 aromatic carbocycles. The molecule has 1 aliphatic rings. The highest BCUT2D eigenvalue weighted by atomic mass is 35.5. The fourth-order valence-corrected chi connectivity index (χ4v) is 5.77. The Hall–Kier alpha value is -1.28. The van der Waals surface area contributed by atoms with Gasteiger partial charge in [0.15, 0.2) is 0 Å². The molecule has 3 rings (SSSR count). The zero-order valence-electron chi connectivity index (χ0n) is 13.6. The van der Waals surface area contributed by atoms with E-state index in [9.17, 15) is 8.42 Å². The lowest BCUT2D eigenvalue weighted by atomic mass is 10.2. The number of hydrogen-bond donors (Lipinski definition) is 0. The summed E-state index contributed by atoms with van der Waals surface area (Å²) in [6.07, 6.45) is 0. The molecule has 1 fully saturated rings. The van der Waals surface area contributed by atoms with E-state index < -0.39 is 10.0 Å². The first kappa shape index (κ1) is 17.5. The standard InChI is InChI=1S/C16H20ClN3O2S2/c1-18(2)13-3-5-14(6-4-13)19-9-11-20(12-10-19)24(21,22)16-8-7-15(17)23-16/h3-8H,9-12H2,1-2H3. The number of anilines is 2. The van der Waals surface area contributed by atoms with E-state index in [0.29, 0.717) is 34.7 Å². The molecule has 1 aliphatic heterocycles. The minimum absolute atomic E-state index is 0.316. The third-order valence-corrected chi connectivity index (χ3v) is 7.71. The summed E-state index contributed by atoms with van der Waals surface area (Å²) < 4.78 is 27.6. The predicted molar refractivity (Wildman–Crippen MR) is 101 cm³/mol. The Bertz CT molecular complexity index is 795. The molecule has 0 aliphatic carbocycles. The van der Waals surface area contributed by atoms with Crippen LogP contribution >= 0.6 is 22.9 Å². The fourth-order valence-electron chi connectivity index (χ4n) is 2.71. The van der Waals surface area contributed by atoms with E-state index in [4.69, 9.17) is 11.6 Å². The Labute approximate surface area is 152 Å². The highest BCUT2D eigenvalue weighted by Crippen LogP contribution is 2.29. The van der Waals surface area contributed by atoms with Crippen molar-refractivity contribution in [2.75, 3.05) is 50.1 Å². The molecule has 0 amide bonds. The third kappa shape index (κ3) is 3.54. The summed E-state index contributed by atoms with van der Waals surface area (Å²) >= 11 is 6.97. The number of nitrogens with zero attached hydrogens (tertiary/aromatic N) is 3. The van der Waals surface area contributed by atoms with E-state index in [2.05, 4.69) is 34.1 Å². The van der Waals surface area contributed by atoms with Crippen molar-refractivity contribution in [1.82, 2.24) is 4.31 Å². The Balaban J connectivity index is 1.67. The maximum Gasteiger partial charge on any atom is 0.252 e. The topological polar surface area (TPSA) is 43.9 Å². The lowest BCUT2D eigenvalue weighted by Gasteiger charge is -2.35. The molecule has 5 nitrogen and oxygen atoms in total. The highest BCUT2D eigenvalue weighted by Gasteiger charge is 2.29. The van der Waals surface area contributed by atoms with E-state index >= 15 is 0 Å². The first-order valence-electron chi connectivity index (χ1n) is 7.66. The quantitative estimate of drug-likeness (QED) is 0.811. The van der Waals surface area contributed by atoms with Crippen molar-refractivity contribution >= 4 is 44.3 Å². The maximum atomic E-state index is 12.6. The second-order valence-electron chi connectivity index (χ2n) is 5.86. The number of hydrogen-bond acceptors (Lipinski definition) is 5. The van der Waals surface area contributed by atoms with Gasteiger partial charge in [0.25, 0.3) is 10.0 Å². The van der Waals surface area contributed by atoms with E-state index in [0.717, 1.165) is 22.7 Å². The second kappa shape index (κ2) is 6.92. The Morgan fingerprint density at radius 1 is 1.00 bits per heavy atom. The van der Waals surface area contributed by atoms with Crippen molar-refractivity contribution in [3.63, 3.8) is 0 Å². The van der Waals surface area contributed by atoms with Gasteiger partial charge in [-0.25, -0.2) is 8.42 Å². The smallest absolute Gasteiger partial charge is 0.252 e. The molecule has 2 heterocycles. The average Bonchev–Trinajstić information content (AvgIpc) is 3.02. The van der Waals surface area contributed by atoms with Crippen LogP contribution in [0, 0.1) is 0 Å². The van der Waals surface area contributed by atoms with Crippen LogP contribution < -0.4 is 9.80 Å². The first-order chi connectivity index (χ1) is 11.4. The van der Waals surface area contributed by atoms with Crippen LogP contribution in [0.15, 0.2) is 40.6 Å². The molecule has 0 N–H and O–H groups in total. The number of rotatable bonds is 4. The molecule has 130 valence electrons. The summed E-state index contributed by atoms with van der Waals surface area (Å²) in [6.45, 7) is 2.32. The summed E-state index contributed by atoms with van der Waals surface area (Å²) in [5.74, 6) is 0. The lowest BCUT2D eigenvalue weighted by molar-refractivity contribution is 0.386. The number of halogens is 1. The van der Waals surface area contributed by atoms with Gasteiger partial charge >= 0.3 is 0 Å². The van der Waals surface area contributed by atoms with Crippen molar-refractivity contribution < 1.29 is 8.42 Å². The van der Waals surface area contributed by atoms with Gasteiger partial charge in [0.05, 0.1) is 4.34 Å². The van der Waals surface area contributed by atoms with Gasteiger partial charge in [0.1, 0.15) is 4.21 Å². The Kier molecular flexibility index (Phi) is 5.05. The largest absolute Gasteiger partial charge is 0.378 e. The predicted octanol–water partition coefficient (Wildman–Crippen LogP) is 2.98. The molecule has 1 saturated heterocycles. The van der Waals surface area contributed by atoms with E-state index in [1.54, 1.807) is 16.4 Å². The molecular formula is C16H20ClN3O2S2. The van der Waals surface area contributed by atoms with Crippen LogP contribution in [0.3, 0.4) is 0 Å². The van der Waals surface area contributed by atoms with Gasteiger partial charge in [-0.05, 0) is 36.4 Å². The molecule has 0 radical (unpaired) electrons. The molecule has 0 spiro atoms. The van der Waals surface area contributed by atoms with Gasteiger partial charge in [0, 0.05) is 51.6 Å². The minimum Gasteiger partial charge on any atom is -0.378 e. The van der Waals surface area contributed by atoms with Crippen molar-refractivity contribution in [2.45, 2.75) is 4.21 Å². The van der Waals surface area contributed by atoms with Crippen LogP contribution in [-0.2, 0) is 10.0 Å². The highest BCUT2D eigenvalue weighted by molar-refractivity contribution is 7.91. The molecule has 0 saturated carbocycles. The SMILES string of the molecule is CN(C)c1ccc(N2CCN(S(=O)(=O)c3ccc(Cl)s3)CC2)cc1. The molecule has 0 bridgehead atoms. The van der Waals surface area contributed by atoms with Gasteiger partial charge in [0.2, 0.25) is 0 Å². The van der Waals surface area contributed by atoms with Crippen molar-refractivity contribution in [3.05, 3.63) is 40.7 Å². The van der Waals surface area contributed by atoms with Crippen LogP contribution in [0.2, 0.25) is 4.34 Å². The van der Waals surface area contributed by atoms with Crippen LogP contribution in [0.5, 0.6) is 0 Å². The number of sulfonamides is 1. The summed E-state index contributed by atoms with van der Waals surface area (Å²) in [4.78, 5) is 4.27. The Morgan fingerprint density at radius 2 is 1.62 bits per heavy atom. The molecule has 1 aromatic heterocycles. The number of benzene rings is 1. The van der Waals surface area contributed by atoms with Crippen LogP contribution in [0.1, 0.15) is 0 Å². The number of thiophene rings is 1. The van der Waals surface area contributed by atoms with Gasteiger partial charge in [-0.2, -0.15) is 4.31 Å². The summed E-state index contributed by atoms with van der Waals surface area (Å²) in [5, 5.41) is 0. The van der Waals surface area contributed by atoms with Crippen LogP contribution in [0.25, 0.3) is 0 Å². The average molecular weight is 386 g/mol. The minimum atomic E-state index is -3.43. The zero-order valence-corrected chi connectivity index (χ0v) is 16.0. The summed E-state index contributed by atoms with van der Waals surface area (Å²) in [7, 11) is 0.588. The summed E-state index contributed by atoms with van der Waals surface area (Å²) in [5.41, 5.74) is 2.27. The molecule has 24 heavy (non-hydrogen) atoms. The van der Waals surface area contributed by atoms with E-state index in [-0.39, 0.29) is 0 Å². The molecule has 2 aromatic rings. The summed E-state index contributed by atoms with van der Waals surface area (Å²) in [6, 6.07) is 11.5. The molecule has 8 heteroatoms. The molecule has 0 atom stereocenters. The third-order valence-electron chi connectivity index (χ3n) is 4.11. The molecular weight excluding hydrogens is 366 g/mol. The van der Waals surface area contributed by atoms with Gasteiger partial charge in [-0.15, -0.1) is 11.3 Å². The maximum absolute atomic E-state index is 12.6. The van der Waals surface area contributed by atoms with Gasteiger partial charge in [-0.3, -0.25) is 0 Å². The lowest BCUT2D eigenvalue weighted by Crippen LogP contribution is -2.48. The van der Waals surface area contributed by atoms with Crippen molar-refractivity contribution in [1.29, 1.82) is 0 Å². The van der Waals surface area contributed by atoms with Gasteiger partial charge in [-0.1, -0.05) is 11.6 Å².